The molecule has 0 spiro atoms. The van der Waals surface area contributed by atoms with Crippen LogP contribution in [0.1, 0.15) is 5.56 Å². The number of ether oxygens (including phenoxy) is 1. The molecule has 0 bridgehead atoms. The molecule has 1 aromatic heterocycles. The summed E-state index contributed by atoms with van der Waals surface area (Å²) < 4.78 is 43.4. The second-order valence-electron chi connectivity index (χ2n) is 4.81. The van der Waals surface area contributed by atoms with Crippen LogP contribution in [-0.2, 0) is 6.18 Å². The average molecular weight is 356 g/mol. The fraction of sp³-hybridized carbons (Fsp3) is 0.125. The molecule has 126 valence electrons. The van der Waals surface area contributed by atoms with E-state index in [9.17, 15) is 13.2 Å². The summed E-state index contributed by atoms with van der Waals surface area (Å²) in [5.74, 6) is 1.15. The van der Waals surface area contributed by atoms with Crippen molar-refractivity contribution in [2.24, 2.45) is 0 Å². The van der Waals surface area contributed by atoms with Crippen molar-refractivity contribution in [1.29, 1.82) is 0 Å². The molecule has 1 heterocycles. The summed E-state index contributed by atoms with van der Waals surface area (Å²) in [6.07, 6.45) is -3.17. The molecule has 0 saturated carbocycles. The molecule has 0 atom stereocenters. The van der Waals surface area contributed by atoms with Crippen molar-refractivity contribution in [2.75, 3.05) is 12.4 Å². The van der Waals surface area contributed by atoms with Crippen LogP contribution >= 0.6 is 12.4 Å². The van der Waals surface area contributed by atoms with Crippen LogP contribution < -0.4 is 10.1 Å². The molecule has 0 aliphatic carbocycles. The van der Waals surface area contributed by atoms with Gasteiger partial charge in [-0.05, 0) is 42.5 Å². The summed E-state index contributed by atoms with van der Waals surface area (Å²) in [7, 11) is 1.57. The van der Waals surface area contributed by atoms with E-state index >= 15 is 0 Å². The lowest BCUT2D eigenvalue weighted by molar-refractivity contribution is -0.137. The van der Waals surface area contributed by atoms with Crippen LogP contribution in [0.15, 0.2) is 48.8 Å². The van der Waals surface area contributed by atoms with Crippen molar-refractivity contribution in [3.05, 3.63) is 54.4 Å². The second kappa shape index (κ2) is 6.92. The van der Waals surface area contributed by atoms with Crippen molar-refractivity contribution in [3.8, 4) is 5.75 Å². The largest absolute Gasteiger partial charge is 0.497 e. The van der Waals surface area contributed by atoms with Crippen LogP contribution in [-0.4, -0.2) is 17.1 Å². The Morgan fingerprint density at radius 3 is 2.33 bits per heavy atom. The third-order valence-corrected chi connectivity index (χ3v) is 3.32. The van der Waals surface area contributed by atoms with Crippen molar-refractivity contribution in [3.63, 3.8) is 0 Å². The summed E-state index contributed by atoms with van der Waals surface area (Å²) in [6, 6.07) is 10.5. The summed E-state index contributed by atoms with van der Waals surface area (Å²) in [6.45, 7) is 0. The summed E-state index contributed by atoms with van der Waals surface area (Å²) in [5.41, 5.74) is 0.232. The van der Waals surface area contributed by atoms with E-state index in [0.29, 0.717) is 17.0 Å². The Balaban J connectivity index is 0.00000208. The summed E-state index contributed by atoms with van der Waals surface area (Å²) in [5, 5.41) is 3.58. The Hall–Kier alpha value is -2.54. The van der Waals surface area contributed by atoms with Gasteiger partial charge in [0.25, 0.3) is 0 Å². The monoisotopic (exact) mass is 355 g/mol. The van der Waals surface area contributed by atoms with Crippen molar-refractivity contribution in [1.82, 2.24) is 9.97 Å². The van der Waals surface area contributed by atoms with Crippen LogP contribution in [0.25, 0.3) is 10.9 Å². The first-order valence-electron chi connectivity index (χ1n) is 6.70. The zero-order valence-electron chi connectivity index (χ0n) is 12.5. The van der Waals surface area contributed by atoms with E-state index in [0.717, 1.165) is 17.8 Å². The molecular weight excluding hydrogens is 343 g/mol. The number of aromatic nitrogens is 2. The number of nitrogens with one attached hydrogen (secondary N) is 1. The molecule has 0 fully saturated rings. The molecule has 0 aliphatic rings. The van der Waals surface area contributed by atoms with Crippen LogP contribution in [0, 0.1) is 0 Å². The van der Waals surface area contributed by atoms with E-state index in [1.165, 1.54) is 12.4 Å². The highest BCUT2D eigenvalue weighted by Crippen LogP contribution is 2.32. The Morgan fingerprint density at radius 2 is 1.71 bits per heavy atom. The maximum absolute atomic E-state index is 12.8. The Kier molecular flexibility index (Phi) is 5.14. The van der Waals surface area contributed by atoms with E-state index in [1.807, 2.05) is 0 Å². The smallest absolute Gasteiger partial charge is 0.416 e. The molecule has 24 heavy (non-hydrogen) atoms. The molecule has 0 saturated heterocycles. The van der Waals surface area contributed by atoms with Gasteiger partial charge in [-0.1, -0.05) is 0 Å². The van der Waals surface area contributed by atoms with E-state index < -0.39 is 11.7 Å². The number of hydrogen-bond donors (Lipinski definition) is 1. The molecule has 0 amide bonds. The van der Waals surface area contributed by atoms with E-state index in [1.54, 1.807) is 31.4 Å². The highest BCUT2D eigenvalue weighted by Gasteiger charge is 2.30. The third kappa shape index (κ3) is 3.68. The third-order valence-electron chi connectivity index (χ3n) is 3.32. The highest BCUT2D eigenvalue weighted by atomic mass is 35.5. The molecule has 0 radical (unpaired) electrons. The van der Waals surface area contributed by atoms with E-state index in [4.69, 9.17) is 4.74 Å². The number of fused-ring (bicyclic) bond motifs is 1. The Labute approximate surface area is 142 Å². The van der Waals surface area contributed by atoms with Crippen LogP contribution in [0.3, 0.4) is 0 Å². The zero-order valence-corrected chi connectivity index (χ0v) is 13.3. The van der Waals surface area contributed by atoms with E-state index in [-0.39, 0.29) is 17.9 Å². The fourth-order valence-electron chi connectivity index (χ4n) is 2.14. The minimum atomic E-state index is -4.40. The van der Waals surface area contributed by atoms with Crippen LogP contribution in [0.4, 0.5) is 24.7 Å². The number of benzene rings is 2. The number of alkyl halides is 3. The predicted molar refractivity (Wildman–Crippen MR) is 88.1 cm³/mol. The van der Waals surface area contributed by atoms with E-state index in [2.05, 4.69) is 15.3 Å². The topological polar surface area (TPSA) is 47.0 Å². The summed E-state index contributed by atoms with van der Waals surface area (Å²) in [4.78, 5) is 8.02. The molecule has 2 aromatic carbocycles. The summed E-state index contributed by atoms with van der Waals surface area (Å²) >= 11 is 0. The van der Waals surface area contributed by atoms with Crippen LogP contribution in [0.2, 0.25) is 0 Å². The zero-order chi connectivity index (χ0) is 16.4. The number of nitrogens with zero attached hydrogens (tertiary/aromatic N) is 2. The quantitative estimate of drug-likeness (QED) is 0.731. The van der Waals surface area contributed by atoms with Gasteiger partial charge in [0.05, 0.1) is 18.2 Å². The first-order chi connectivity index (χ1) is 11.0. The van der Waals surface area contributed by atoms with Gasteiger partial charge in [-0.25, -0.2) is 9.97 Å². The first-order valence-corrected chi connectivity index (χ1v) is 6.70. The van der Waals surface area contributed by atoms with Crippen molar-refractivity contribution >= 4 is 34.8 Å². The normalized spacial score (nSPS) is 11.0. The molecule has 3 rings (SSSR count). The lowest BCUT2D eigenvalue weighted by Gasteiger charge is -2.11. The minimum Gasteiger partial charge on any atom is -0.497 e. The number of methoxy groups -OCH3 is 1. The van der Waals surface area contributed by atoms with Gasteiger partial charge >= 0.3 is 6.18 Å². The molecule has 0 aliphatic heterocycles. The maximum Gasteiger partial charge on any atom is 0.416 e. The van der Waals surface area contributed by atoms with Gasteiger partial charge in [-0.3, -0.25) is 0 Å². The molecule has 1 N–H and O–H groups in total. The molecule has 4 nitrogen and oxygen atoms in total. The lowest BCUT2D eigenvalue weighted by atomic mass is 10.1. The number of halogens is 4. The van der Waals surface area contributed by atoms with Gasteiger partial charge in [0.1, 0.15) is 17.9 Å². The molecular formula is C16H13ClF3N3O. The first kappa shape index (κ1) is 17.8. The van der Waals surface area contributed by atoms with Crippen molar-refractivity contribution < 1.29 is 17.9 Å². The van der Waals surface area contributed by atoms with Crippen molar-refractivity contribution in [2.45, 2.75) is 6.18 Å². The number of hydrogen-bond acceptors (Lipinski definition) is 4. The minimum absolute atomic E-state index is 0. The van der Waals surface area contributed by atoms with Gasteiger partial charge in [0.15, 0.2) is 0 Å². The predicted octanol–water partition coefficient (Wildman–Crippen LogP) is 4.82. The standard InChI is InChI=1S/C16H12F3N3O.ClH/c1-23-12-5-3-11(4-6-12)22-15-13-7-2-10(16(17,18)19)8-14(13)20-9-21-15;/h2-9H,1H3,(H,20,21,22);1H. The number of rotatable bonds is 3. The van der Waals surface area contributed by atoms with Gasteiger partial charge < -0.3 is 10.1 Å². The van der Waals surface area contributed by atoms with Crippen LogP contribution in [0.5, 0.6) is 5.75 Å². The van der Waals surface area contributed by atoms with Gasteiger partial charge in [-0.15, -0.1) is 12.4 Å². The van der Waals surface area contributed by atoms with Gasteiger partial charge in [-0.2, -0.15) is 13.2 Å². The Bertz CT molecular complexity index is 838. The molecule has 3 aromatic rings. The fourth-order valence-corrected chi connectivity index (χ4v) is 2.14. The average Bonchev–Trinajstić information content (AvgIpc) is 2.54. The van der Waals surface area contributed by atoms with Gasteiger partial charge in [0.2, 0.25) is 0 Å². The van der Waals surface area contributed by atoms with Gasteiger partial charge in [0, 0.05) is 11.1 Å². The molecule has 8 heteroatoms. The highest BCUT2D eigenvalue weighted by molar-refractivity contribution is 5.91. The second-order valence-corrected chi connectivity index (χ2v) is 4.81. The Morgan fingerprint density at radius 1 is 1.00 bits per heavy atom. The number of anilines is 2. The maximum atomic E-state index is 12.8. The SMILES string of the molecule is COc1ccc(Nc2ncnc3cc(C(F)(F)F)ccc23)cc1.Cl. The lowest BCUT2D eigenvalue weighted by Crippen LogP contribution is -2.05. The molecule has 0 unspecified atom stereocenters.